The number of imidazole rings is 1. The number of methoxy groups -OCH3 is 3. The van der Waals surface area contributed by atoms with Crippen molar-refractivity contribution in [2.75, 3.05) is 32.8 Å². The van der Waals surface area contributed by atoms with Crippen LogP contribution in [0.2, 0.25) is 0 Å². The summed E-state index contributed by atoms with van der Waals surface area (Å²) < 4.78 is 33.4. The summed E-state index contributed by atoms with van der Waals surface area (Å²) in [6.07, 6.45) is 4.01. The first-order valence-electron chi connectivity index (χ1n) is 10.6. The SMILES string of the molecule is COc1cc(CCn2cnc3c(NSc4cc5c(cc4Br)OCO5)ncnc32)cc(OC)c1OC. The van der Waals surface area contributed by atoms with Gasteiger partial charge in [-0.3, -0.25) is 0 Å². The number of anilines is 1. The van der Waals surface area contributed by atoms with Crippen LogP contribution in [0.1, 0.15) is 5.56 Å². The van der Waals surface area contributed by atoms with Gasteiger partial charge in [0.25, 0.3) is 0 Å². The minimum atomic E-state index is 0.226. The Balaban J connectivity index is 1.33. The van der Waals surface area contributed by atoms with E-state index in [4.69, 9.17) is 23.7 Å². The Labute approximate surface area is 214 Å². The monoisotopic (exact) mass is 559 g/mol. The first kappa shape index (κ1) is 23.4. The van der Waals surface area contributed by atoms with E-state index in [2.05, 4.69) is 35.6 Å². The molecule has 1 N–H and O–H groups in total. The quantitative estimate of drug-likeness (QED) is 0.290. The Hall–Kier alpha value is -3.38. The van der Waals surface area contributed by atoms with E-state index in [0.29, 0.717) is 47.3 Å². The van der Waals surface area contributed by atoms with Crippen molar-refractivity contribution >= 4 is 44.9 Å². The molecule has 35 heavy (non-hydrogen) atoms. The molecule has 0 saturated carbocycles. The van der Waals surface area contributed by atoms with Crippen molar-refractivity contribution < 1.29 is 23.7 Å². The molecule has 5 rings (SSSR count). The number of halogens is 1. The van der Waals surface area contributed by atoms with Crippen LogP contribution in [0, 0.1) is 0 Å². The van der Waals surface area contributed by atoms with Crippen LogP contribution in [0.3, 0.4) is 0 Å². The highest BCUT2D eigenvalue weighted by Crippen LogP contribution is 2.41. The topological polar surface area (TPSA) is 102 Å². The van der Waals surface area contributed by atoms with E-state index in [0.717, 1.165) is 26.3 Å². The molecule has 10 nitrogen and oxygen atoms in total. The molecule has 0 saturated heterocycles. The molecule has 1 aliphatic rings. The highest BCUT2D eigenvalue weighted by molar-refractivity contribution is 9.10. The number of hydrogen-bond donors (Lipinski definition) is 1. The zero-order chi connectivity index (χ0) is 24.4. The molecule has 0 atom stereocenters. The van der Waals surface area contributed by atoms with Crippen LogP contribution in [-0.4, -0.2) is 47.6 Å². The van der Waals surface area contributed by atoms with Crippen molar-refractivity contribution in [3.05, 3.63) is 47.0 Å². The molecule has 0 bridgehead atoms. The van der Waals surface area contributed by atoms with Gasteiger partial charge in [-0.1, -0.05) is 0 Å². The molecule has 4 aromatic rings. The molecular weight excluding hydrogens is 538 g/mol. The van der Waals surface area contributed by atoms with Crippen LogP contribution in [-0.2, 0) is 13.0 Å². The zero-order valence-corrected chi connectivity index (χ0v) is 21.6. The van der Waals surface area contributed by atoms with Crippen molar-refractivity contribution in [2.24, 2.45) is 0 Å². The summed E-state index contributed by atoms with van der Waals surface area (Å²) in [5.74, 6) is 3.87. The minimum Gasteiger partial charge on any atom is -0.493 e. The second kappa shape index (κ2) is 10.1. The number of nitrogens with one attached hydrogen (secondary N) is 1. The van der Waals surface area contributed by atoms with Gasteiger partial charge in [0, 0.05) is 22.0 Å². The van der Waals surface area contributed by atoms with Gasteiger partial charge in [0.1, 0.15) is 6.33 Å². The lowest BCUT2D eigenvalue weighted by atomic mass is 10.1. The second-order valence-electron chi connectivity index (χ2n) is 7.46. The van der Waals surface area contributed by atoms with E-state index in [1.807, 2.05) is 28.8 Å². The maximum atomic E-state index is 5.48. The number of nitrogens with zero attached hydrogens (tertiary/aromatic N) is 4. The number of fused-ring (bicyclic) bond motifs is 2. The Morgan fingerprint density at radius 3 is 2.46 bits per heavy atom. The average molecular weight is 560 g/mol. The molecular formula is C23H22BrN5O5S. The third-order valence-corrected chi connectivity index (χ3v) is 7.22. The predicted octanol–water partition coefficient (Wildman–Crippen LogP) is 4.71. The lowest BCUT2D eigenvalue weighted by Crippen LogP contribution is -2.03. The van der Waals surface area contributed by atoms with Crippen molar-refractivity contribution in [1.82, 2.24) is 19.5 Å². The van der Waals surface area contributed by atoms with Crippen LogP contribution in [0.5, 0.6) is 28.7 Å². The van der Waals surface area contributed by atoms with Gasteiger partial charge in [0.15, 0.2) is 40.0 Å². The van der Waals surface area contributed by atoms with Crippen LogP contribution in [0.4, 0.5) is 5.82 Å². The van der Waals surface area contributed by atoms with Crippen LogP contribution < -0.4 is 28.4 Å². The van der Waals surface area contributed by atoms with E-state index in [9.17, 15) is 0 Å². The Bertz CT molecular complexity index is 1360. The number of aryl methyl sites for hydroxylation is 2. The Kier molecular flexibility index (Phi) is 6.73. The number of aromatic nitrogens is 4. The highest BCUT2D eigenvalue weighted by atomic mass is 79.9. The minimum absolute atomic E-state index is 0.226. The van der Waals surface area contributed by atoms with Gasteiger partial charge in [-0.05, 0) is 58.1 Å². The van der Waals surface area contributed by atoms with Crippen molar-refractivity contribution in [3.63, 3.8) is 0 Å². The second-order valence-corrected chi connectivity index (χ2v) is 9.16. The number of hydrogen-bond acceptors (Lipinski definition) is 10. The molecule has 0 spiro atoms. The summed E-state index contributed by atoms with van der Waals surface area (Å²) >= 11 is 4.98. The van der Waals surface area contributed by atoms with Crippen LogP contribution in [0.25, 0.3) is 11.2 Å². The van der Waals surface area contributed by atoms with Crippen molar-refractivity contribution in [1.29, 1.82) is 0 Å². The van der Waals surface area contributed by atoms with Crippen molar-refractivity contribution in [3.8, 4) is 28.7 Å². The molecule has 0 aliphatic carbocycles. The fraction of sp³-hybridized carbons (Fsp3) is 0.261. The molecule has 2 aromatic heterocycles. The third-order valence-electron chi connectivity index (χ3n) is 5.45. The summed E-state index contributed by atoms with van der Waals surface area (Å²) in [7, 11) is 4.80. The highest BCUT2D eigenvalue weighted by Gasteiger charge is 2.18. The third kappa shape index (κ3) is 4.63. The number of ether oxygens (including phenoxy) is 5. The normalized spacial score (nSPS) is 12.1. The molecule has 1 aliphatic heterocycles. The molecule has 0 radical (unpaired) electrons. The van der Waals surface area contributed by atoms with Gasteiger partial charge < -0.3 is 33.0 Å². The smallest absolute Gasteiger partial charge is 0.231 e. The average Bonchev–Trinajstić information content (AvgIpc) is 3.51. The maximum absolute atomic E-state index is 5.48. The van der Waals surface area contributed by atoms with Gasteiger partial charge in [-0.25, -0.2) is 15.0 Å². The number of rotatable bonds is 9. The van der Waals surface area contributed by atoms with E-state index < -0.39 is 0 Å². The molecule has 0 unspecified atom stereocenters. The summed E-state index contributed by atoms with van der Waals surface area (Å²) in [4.78, 5) is 14.3. The standard InChI is InChI=1S/C23H22BrN5O5S/c1-30-17-6-13(7-18(31-2)21(17)32-3)4-5-29-11-27-20-22(25-10-26-23(20)29)28-35-19-9-16-15(8-14(19)24)33-12-34-16/h6-11H,4-5,12H2,1-3H3,(H,25,26,28). The Morgan fingerprint density at radius 2 is 1.74 bits per heavy atom. The lowest BCUT2D eigenvalue weighted by molar-refractivity contribution is 0.174. The van der Waals surface area contributed by atoms with E-state index in [1.165, 1.54) is 18.3 Å². The molecule has 0 fully saturated rings. The van der Waals surface area contributed by atoms with E-state index in [-0.39, 0.29) is 6.79 Å². The van der Waals surface area contributed by atoms with Crippen LogP contribution in [0.15, 0.2) is 46.3 Å². The lowest BCUT2D eigenvalue weighted by Gasteiger charge is -2.14. The first-order valence-corrected chi connectivity index (χ1v) is 12.2. The zero-order valence-electron chi connectivity index (χ0n) is 19.2. The van der Waals surface area contributed by atoms with Gasteiger partial charge in [0.05, 0.1) is 27.7 Å². The largest absolute Gasteiger partial charge is 0.493 e. The molecule has 12 heteroatoms. The molecule has 0 amide bonds. The predicted molar refractivity (Wildman–Crippen MR) is 135 cm³/mol. The summed E-state index contributed by atoms with van der Waals surface area (Å²) in [5.41, 5.74) is 2.46. The maximum Gasteiger partial charge on any atom is 0.231 e. The van der Waals surface area contributed by atoms with Gasteiger partial charge in [-0.2, -0.15) is 0 Å². The van der Waals surface area contributed by atoms with Gasteiger partial charge in [0.2, 0.25) is 12.5 Å². The fourth-order valence-corrected chi connectivity index (χ4v) is 4.97. The summed E-state index contributed by atoms with van der Waals surface area (Å²) in [5, 5.41) is 0. The Morgan fingerprint density at radius 1 is 1.00 bits per heavy atom. The van der Waals surface area contributed by atoms with E-state index >= 15 is 0 Å². The summed E-state index contributed by atoms with van der Waals surface area (Å²) in [6.45, 7) is 0.885. The fourth-order valence-electron chi connectivity index (χ4n) is 3.73. The number of benzene rings is 2. The molecule has 182 valence electrons. The van der Waals surface area contributed by atoms with Crippen molar-refractivity contribution in [2.45, 2.75) is 17.9 Å². The molecule has 2 aromatic carbocycles. The van der Waals surface area contributed by atoms with Gasteiger partial charge >= 0.3 is 0 Å². The van der Waals surface area contributed by atoms with Gasteiger partial charge in [-0.15, -0.1) is 0 Å². The summed E-state index contributed by atoms with van der Waals surface area (Å²) in [6, 6.07) is 7.70. The van der Waals surface area contributed by atoms with Crippen LogP contribution >= 0.6 is 27.9 Å². The van der Waals surface area contributed by atoms with E-state index in [1.54, 1.807) is 27.7 Å². The first-order chi connectivity index (χ1) is 17.1. The molecule has 3 heterocycles.